The van der Waals surface area contributed by atoms with Crippen molar-refractivity contribution < 1.29 is 4.74 Å². The first kappa shape index (κ1) is 16.0. The number of nitrogens with zero attached hydrogens (tertiary/aromatic N) is 2. The predicted molar refractivity (Wildman–Crippen MR) is 87.9 cm³/mol. The summed E-state index contributed by atoms with van der Waals surface area (Å²) < 4.78 is 5.76. The second-order valence-electron chi connectivity index (χ2n) is 5.84. The molecule has 5 heteroatoms. The Morgan fingerprint density at radius 1 is 1.24 bits per heavy atom. The average molecular weight is 292 g/mol. The number of pyridine rings is 1. The minimum atomic E-state index is 0.260. The van der Waals surface area contributed by atoms with Gasteiger partial charge in [-0.15, -0.1) is 0 Å². The summed E-state index contributed by atoms with van der Waals surface area (Å²) in [7, 11) is 0. The molecule has 118 valence electrons. The number of aromatic nitrogens is 1. The van der Waals surface area contributed by atoms with Crippen molar-refractivity contribution >= 4 is 11.5 Å². The Morgan fingerprint density at radius 3 is 2.62 bits per heavy atom. The summed E-state index contributed by atoms with van der Waals surface area (Å²) in [5, 5.41) is 3.40. The number of hydrogen-bond donors (Lipinski definition) is 2. The second-order valence-corrected chi connectivity index (χ2v) is 5.84. The Kier molecular flexibility index (Phi) is 6.26. The van der Waals surface area contributed by atoms with Crippen LogP contribution in [0.25, 0.3) is 0 Å². The number of morpholine rings is 1. The molecule has 2 heterocycles. The largest absolute Gasteiger partial charge is 0.384 e. The Hall–Kier alpha value is -1.33. The number of nitrogens with two attached hydrogens (primary N) is 1. The van der Waals surface area contributed by atoms with Crippen molar-refractivity contribution in [1.29, 1.82) is 0 Å². The van der Waals surface area contributed by atoms with Gasteiger partial charge in [0.2, 0.25) is 0 Å². The van der Waals surface area contributed by atoms with Gasteiger partial charge in [-0.1, -0.05) is 6.42 Å². The van der Waals surface area contributed by atoms with Crippen molar-refractivity contribution in [1.82, 2.24) is 4.98 Å². The summed E-state index contributed by atoms with van der Waals surface area (Å²) in [6.45, 7) is 7.80. The minimum absolute atomic E-state index is 0.260. The zero-order chi connectivity index (χ0) is 15.1. The molecule has 1 aromatic rings. The maximum atomic E-state index is 5.76. The van der Waals surface area contributed by atoms with Crippen molar-refractivity contribution in [3.05, 3.63) is 18.3 Å². The van der Waals surface area contributed by atoms with Crippen molar-refractivity contribution in [3.63, 3.8) is 0 Å². The van der Waals surface area contributed by atoms with E-state index in [9.17, 15) is 0 Å². The van der Waals surface area contributed by atoms with Crippen LogP contribution in [-0.2, 0) is 4.74 Å². The van der Waals surface area contributed by atoms with Gasteiger partial charge in [-0.05, 0) is 45.4 Å². The molecule has 0 aliphatic carbocycles. The van der Waals surface area contributed by atoms with Crippen LogP contribution in [-0.4, -0.2) is 43.4 Å². The second kappa shape index (κ2) is 8.20. The third-order valence-electron chi connectivity index (χ3n) is 3.70. The van der Waals surface area contributed by atoms with Crippen LogP contribution in [0.3, 0.4) is 0 Å². The number of unbranched alkanes of at least 4 members (excludes halogenated alkanes) is 2. The lowest BCUT2D eigenvalue weighted by Crippen LogP contribution is -2.45. The van der Waals surface area contributed by atoms with E-state index in [0.29, 0.717) is 0 Å². The van der Waals surface area contributed by atoms with Crippen molar-refractivity contribution in [2.75, 3.05) is 36.4 Å². The maximum absolute atomic E-state index is 5.76. The standard InChI is InChI=1S/C16H28N4O/c1-13-11-20(12-14(2)21-13)16-7-6-15(10-19-16)18-9-5-3-4-8-17/h6-7,10,13-14,18H,3-5,8-9,11-12,17H2,1-2H3/t13-,14?/m1/s1. The summed E-state index contributed by atoms with van der Waals surface area (Å²) in [4.78, 5) is 6.87. The predicted octanol–water partition coefficient (Wildman–Crippen LogP) is 2.24. The fraction of sp³-hybridized carbons (Fsp3) is 0.688. The van der Waals surface area contributed by atoms with Crippen LogP contribution in [0.4, 0.5) is 11.5 Å². The molecule has 1 aromatic heterocycles. The smallest absolute Gasteiger partial charge is 0.128 e. The van der Waals surface area contributed by atoms with Crippen LogP contribution in [0.5, 0.6) is 0 Å². The highest BCUT2D eigenvalue weighted by Gasteiger charge is 2.22. The van der Waals surface area contributed by atoms with E-state index in [-0.39, 0.29) is 12.2 Å². The fourth-order valence-corrected chi connectivity index (χ4v) is 2.72. The third kappa shape index (κ3) is 5.17. The van der Waals surface area contributed by atoms with E-state index in [0.717, 1.165) is 50.5 Å². The summed E-state index contributed by atoms with van der Waals surface area (Å²) in [5.41, 5.74) is 6.57. The first-order chi connectivity index (χ1) is 10.2. The van der Waals surface area contributed by atoms with E-state index in [4.69, 9.17) is 10.5 Å². The third-order valence-corrected chi connectivity index (χ3v) is 3.70. The summed E-state index contributed by atoms with van der Waals surface area (Å²) in [6.07, 6.45) is 5.87. The molecule has 1 fully saturated rings. The lowest BCUT2D eigenvalue weighted by molar-refractivity contribution is -0.00545. The Labute approximate surface area is 127 Å². The highest BCUT2D eigenvalue weighted by Crippen LogP contribution is 2.19. The lowest BCUT2D eigenvalue weighted by atomic mass is 10.2. The zero-order valence-corrected chi connectivity index (χ0v) is 13.2. The molecule has 0 bridgehead atoms. The number of rotatable bonds is 7. The van der Waals surface area contributed by atoms with E-state index in [1.165, 1.54) is 6.42 Å². The van der Waals surface area contributed by atoms with Gasteiger partial charge in [-0.2, -0.15) is 0 Å². The van der Waals surface area contributed by atoms with E-state index in [1.807, 2.05) is 6.20 Å². The van der Waals surface area contributed by atoms with Crippen molar-refractivity contribution in [3.8, 4) is 0 Å². The maximum Gasteiger partial charge on any atom is 0.128 e. The van der Waals surface area contributed by atoms with Crippen LogP contribution >= 0.6 is 0 Å². The van der Waals surface area contributed by atoms with Gasteiger partial charge in [-0.3, -0.25) is 0 Å². The van der Waals surface area contributed by atoms with Gasteiger partial charge in [0.25, 0.3) is 0 Å². The molecule has 1 unspecified atom stereocenters. The minimum Gasteiger partial charge on any atom is -0.384 e. The monoisotopic (exact) mass is 292 g/mol. The molecule has 2 rings (SSSR count). The summed E-state index contributed by atoms with van der Waals surface area (Å²) >= 11 is 0. The number of ether oxygens (including phenoxy) is 1. The van der Waals surface area contributed by atoms with Gasteiger partial charge in [0, 0.05) is 19.6 Å². The van der Waals surface area contributed by atoms with E-state index < -0.39 is 0 Å². The first-order valence-electron chi connectivity index (χ1n) is 7.99. The molecular formula is C16H28N4O. The van der Waals surface area contributed by atoms with Crippen molar-refractivity contribution in [2.45, 2.75) is 45.3 Å². The van der Waals surface area contributed by atoms with E-state index >= 15 is 0 Å². The number of anilines is 2. The Bertz CT molecular complexity index is 399. The molecule has 1 saturated heterocycles. The van der Waals surface area contributed by atoms with Crippen LogP contribution in [0.1, 0.15) is 33.1 Å². The fourth-order valence-electron chi connectivity index (χ4n) is 2.72. The molecule has 5 nitrogen and oxygen atoms in total. The van der Waals surface area contributed by atoms with E-state index in [1.54, 1.807) is 0 Å². The van der Waals surface area contributed by atoms with E-state index in [2.05, 4.69) is 41.2 Å². The van der Waals surface area contributed by atoms with Gasteiger partial charge in [0.15, 0.2) is 0 Å². The lowest BCUT2D eigenvalue weighted by Gasteiger charge is -2.36. The van der Waals surface area contributed by atoms with Gasteiger partial charge in [0.05, 0.1) is 24.1 Å². The topological polar surface area (TPSA) is 63.4 Å². The van der Waals surface area contributed by atoms with Gasteiger partial charge < -0.3 is 20.7 Å². The SMILES string of the molecule is CC1CN(c2ccc(NCCCCCN)cn2)C[C@@H](C)O1. The molecule has 0 aromatic carbocycles. The van der Waals surface area contributed by atoms with Crippen LogP contribution in [0, 0.1) is 0 Å². The summed E-state index contributed by atoms with van der Waals surface area (Å²) in [5.74, 6) is 1.03. The van der Waals surface area contributed by atoms with Crippen LogP contribution < -0.4 is 16.0 Å². The number of hydrogen-bond acceptors (Lipinski definition) is 5. The summed E-state index contributed by atoms with van der Waals surface area (Å²) in [6, 6.07) is 4.20. The Balaban J connectivity index is 1.81. The molecule has 1 aliphatic heterocycles. The van der Waals surface area contributed by atoms with Crippen LogP contribution in [0.15, 0.2) is 18.3 Å². The average Bonchev–Trinajstić information content (AvgIpc) is 2.47. The van der Waals surface area contributed by atoms with Gasteiger partial charge >= 0.3 is 0 Å². The first-order valence-corrected chi connectivity index (χ1v) is 7.99. The molecule has 0 amide bonds. The van der Waals surface area contributed by atoms with Crippen LogP contribution in [0.2, 0.25) is 0 Å². The molecule has 21 heavy (non-hydrogen) atoms. The molecule has 1 aliphatic rings. The highest BCUT2D eigenvalue weighted by atomic mass is 16.5. The quantitative estimate of drug-likeness (QED) is 0.755. The Morgan fingerprint density at radius 2 is 2.00 bits per heavy atom. The molecular weight excluding hydrogens is 264 g/mol. The van der Waals surface area contributed by atoms with Gasteiger partial charge in [-0.25, -0.2) is 4.98 Å². The molecule has 3 N–H and O–H groups in total. The highest BCUT2D eigenvalue weighted by molar-refractivity contribution is 5.48. The normalized spacial score (nSPS) is 22.3. The molecule has 0 radical (unpaired) electrons. The van der Waals surface area contributed by atoms with Gasteiger partial charge in [0.1, 0.15) is 5.82 Å². The zero-order valence-electron chi connectivity index (χ0n) is 13.2. The molecule has 2 atom stereocenters. The molecule has 0 spiro atoms. The van der Waals surface area contributed by atoms with Crippen molar-refractivity contribution in [2.24, 2.45) is 5.73 Å². The number of nitrogens with one attached hydrogen (secondary N) is 1. The molecule has 0 saturated carbocycles.